The number of carbonyl (C=O) groups is 2. The van der Waals surface area contributed by atoms with Gasteiger partial charge in [0.05, 0.1) is 5.75 Å². The molecule has 0 radical (unpaired) electrons. The number of piperidine rings is 1. The molecule has 7 nitrogen and oxygen atoms in total. The second-order valence-corrected chi connectivity index (χ2v) is 5.36. The Morgan fingerprint density at radius 1 is 1.42 bits per heavy atom. The fraction of sp³-hybridized carbons (Fsp3) is 0.636. The van der Waals surface area contributed by atoms with Gasteiger partial charge in [-0.15, -0.1) is 10.2 Å². The Labute approximate surface area is 114 Å². The highest BCUT2D eigenvalue weighted by Crippen LogP contribution is 2.20. The van der Waals surface area contributed by atoms with Gasteiger partial charge in [-0.3, -0.25) is 9.59 Å². The summed E-state index contributed by atoms with van der Waals surface area (Å²) >= 11 is 1.23. The second kappa shape index (κ2) is 6.05. The maximum absolute atomic E-state index is 12.0. The number of nitrogens with zero attached hydrogens (tertiary/aromatic N) is 3. The summed E-state index contributed by atoms with van der Waals surface area (Å²) in [6.07, 6.45) is 1.29. The van der Waals surface area contributed by atoms with Crippen LogP contribution in [0.2, 0.25) is 0 Å². The van der Waals surface area contributed by atoms with Gasteiger partial charge in [-0.05, 0) is 12.8 Å². The third-order valence-corrected chi connectivity index (χ3v) is 3.88. The summed E-state index contributed by atoms with van der Waals surface area (Å²) < 4.78 is 5.18. The molecular weight excluding hydrogens is 268 g/mol. The van der Waals surface area contributed by atoms with Gasteiger partial charge in [-0.1, -0.05) is 11.8 Å². The van der Waals surface area contributed by atoms with E-state index >= 15 is 0 Å². The van der Waals surface area contributed by atoms with Gasteiger partial charge in [-0.2, -0.15) is 0 Å². The van der Waals surface area contributed by atoms with E-state index in [-0.39, 0.29) is 23.5 Å². The number of hydrogen-bond donors (Lipinski definition) is 1. The molecule has 0 aliphatic carbocycles. The number of carbonyl (C=O) groups excluding carboxylic acids is 2. The van der Waals surface area contributed by atoms with Crippen LogP contribution in [0.3, 0.4) is 0 Å². The van der Waals surface area contributed by atoms with Crippen LogP contribution in [0.25, 0.3) is 0 Å². The molecular formula is C11H16N4O3S. The third-order valence-electron chi connectivity index (χ3n) is 3.08. The summed E-state index contributed by atoms with van der Waals surface area (Å²) in [5.41, 5.74) is 5.25. The van der Waals surface area contributed by atoms with Crippen molar-refractivity contribution in [2.24, 2.45) is 11.7 Å². The largest absolute Gasteiger partial charge is 0.416 e. The number of aromatic nitrogens is 2. The number of thioether (sulfide) groups is 1. The molecule has 0 spiro atoms. The summed E-state index contributed by atoms with van der Waals surface area (Å²) in [4.78, 5) is 24.7. The summed E-state index contributed by atoms with van der Waals surface area (Å²) in [7, 11) is 0. The van der Waals surface area contributed by atoms with Crippen molar-refractivity contribution in [3.05, 3.63) is 5.89 Å². The molecule has 0 saturated carbocycles. The van der Waals surface area contributed by atoms with E-state index in [0.29, 0.717) is 37.0 Å². The number of nitrogens with two attached hydrogens (primary N) is 1. The summed E-state index contributed by atoms with van der Waals surface area (Å²) in [6.45, 7) is 2.86. The second-order valence-electron chi connectivity index (χ2n) is 4.43. The molecule has 19 heavy (non-hydrogen) atoms. The van der Waals surface area contributed by atoms with Gasteiger partial charge < -0.3 is 15.1 Å². The Morgan fingerprint density at radius 3 is 2.63 bits per heavy atom. The third kappa shape index (κ3) is 3.69. The van der Waals surface area contributed by atoms with E-state index in [2.05, 4.69) is 10.2 Å². The van der Waals surface area contributed by atoms with Crippen molar-refractivity contribution in [2.45, 2.75) is 25.0 Å². The average Bonchev–Trinajstić information content (AvgIpc) is 2.82. The molecule has 1 aliphatic rings. The Bertz CT molecular complexity index is 468. The first-order valence-corrected chi connectivity index (χ1v) is 7.05. The first kappa shape index (κ1) is 13.9. The smallest absolute Gasteiger partial charge is 0.277 e. The van der Waals surface area contributed by atoms with E-state index in [1.807, 2.05) is 0 Å². The van der Waals surface area contributed by atoms with Gasteiger partial charge >= 0.3 is 0 Å². The highest BCUT2D eigenvalue weighted by Gasteiger charge is 2.25. The van der Waals surface area contributed by atoms with Crippen molar-refractivity contribution in [1.82, 2.24) is 15.1 Å². The maximum Gasteiger partial charge on any atom is 0.277 e. The first-order valence-electron chi connectivity index (χ1n) is 6.06. The van der Waals surface area contributed by atoms with Crippen molar-refractivity contribution in [1.29, 1.82) is 0 Å². The van der Waals surface area contributed by atoms with Crippen molar-refractivity contribution in [2.75, 3.05) is 18.8 Å². The van der Waals surface area contributed by atoms with Gasteiger partial charge in [0.15, 0.2) is 0 Å². The van der Waals surface area contributed by atoms with E-state index in [4.69, 9.17) is 10.2 Å². The van der Waals surface area contributed by atoms with Crippen LogP contribution in [-0.2, 0) is 9.59 Å². The zero-order valence-corrected chi connectivity index (χ0v) is 11.5. The molecule has 104 valence electrons. The monoisotopic (exact) mass is 284 g/mol. The van der Waals surface area contributed by atoms with Gasteiger partial charge in [0.25, 0.3) is 5.22 Å². The lowest BCUT2D eigenvalue weighted by molar-refractivity contribution is -0.132. The number of rotatable bonds is 4. The van der Waals surface area contributed by atoms with Crippen LogP contribution in [0.4, 0.5) is 0 Å². The number of amides is 2. The van der Waals surface area contributed by atoms with Crippen LogP contribution in [0, 0.1) is 12.8 Å². The van der Waals surface area contributed by atoms with Gasteiger partial charge in [0.1, 0.15) is 0 Å². The predicted octanol–water partition coefficient (Wildman–Crippen LogP) is 0.194. The number of primary amides is 1. The molecule has 0 atom stereocenters. The van der Waals surface area contributed by atoms with Crippen molar-refractivity contribution >= 4 is 23.6 Å². The van der Waals surface area contributed by atoms with Crippen LogP contribution in [-0.4, -0.2) is 45.8 Å². The van der Waals surface area contributed by atoms with Gasteiger partial charge in [-0.25, -0.2) is 0 Å². The van der Waals surface area contributed by atoms with E-state index in [1.165, 1.54) is 11.8 Å². The van der Waals surface area contributed by atoms with Crippen LogP contribution in [0.5, 0.6) is 0 Å². The molecule has 2 heterocycles. The molecule has 1 saturated heterocycles. The van der Waals surface area contributed by atoms with E-state index in [0.717, 1.165) is 0 Å². The zero-order valence-electron chi connectivity index (χ0n) is 10.7. The minimum atomic E-state index is -0.275. The zero-order chi connectivity index (χ0) is 13.8. The van der Waals surface area contributed by atoms with Crippen LogP contribution >= 0.6 is 11.8 Å². The standard InChI is InChI=1S/C11H16N4O3S/c1-7-13-14-11(18-7)19-6-9(16)15-4-2-8(3-5-15)10(12)17/h8H,2-6H2,1H3,(H2,12,17). The molecule has 2 rings (SSSR count). The molecule has 2 N–H and O–H groups in total. The molecule has 1 aromatic heterocycles. The SMILES string of the molecule is Cc1nnc(SCC(=O)N2CCC(C(N)=O)CC2)o1. The Morgan fingerprint density at radius 2 is 2.11 bits per heavy atom. The first-order chi connectivity index (χ1) is 9.06. The highest BCUT2D eigenvalue weighted by atomic mass is 32.2. The Kier molecular flexibility index (Phi) is 4.41. The lowest BCUT2D eigenvalue weighted by atomic mass is 9.96. The normalized spacial score (nSPS) is 16.6. The molecule has 1 aromatic rings. The van der Waals surface area contributed by atoms with Crippen LogP contribution < -0.4 is 5.73 Å². The topological polar surface area (TPSA) is 102 Å². The number of likely N-dealkylation sites (tertiary alicyclic amines) is 1. The average molecular weight is 284 g/mol. The minimum Gasteiger partial charge on any atom is -0.416 e. The molecule has 8 heteroatoms. The molecule has 0 bridgehead atoms. The minimum absolute atomic E-state index is 0.0174. The maximum atomic E-state index is 12.0. The van der Waals surface area contributed by atoms with E-state index in [1.54, 1.807) is 11.8 Å². The van der Waals surface area contributed by atoms with Crippen molar-refractivity contribution < 1.29 is 14.0 Å². The molecule has 0 aromatic carbocycles. The predicted molar refractivity (Wildman–Crippen MR) is 68.3 cm³/mol. The molecule has 2 amide bonds. The number of aryl methyl sites for hydroxylation is 1. The molecule has 1 aliphatic heterocycles. The Balaban J connectivity index is 1.77. The summed E-state index contributed by atoms with van der Waals surface area (Å²) in [6, 6.07) is 0. The highest BCUT2D eigenvalue weighted by molar-refractivity contribution is 7.99. The Hall–Kier alpha value is -1.57. The van der Waals surface area contributed by atoms with E-state index < -0.39 is 0 Å². The van der Waals surface area contributed by atoms with Crippen molar-refractivity contribution in [3.8, 4) is 0 Å². The fourth-order valence-electron chi connectivity index (χ4n) is 1.96. The lowest BCUT2D eigenvalue weighted by Gasteiger charge is -2.30. The van der Waals surface area contributed by atoms with Crippen molar-refractivity contribution in [3.63, 3.8) is 0 Å². The van der Waals surface area contributed by atoms with Gasteiger partial charge in [0.2, 0.25) is 17.7 Å². The van der Waals surface area contributed by atoms with E-state index in [9.17, 15) is 9.59 Å². The van der Waals surface area contributed by atoms with Gasteiger partial charge in [0, 0.05) is 25.9 Å². The number of hydrogen-bond acceptors (Lipinski definition) is 6. The van der Waals surface area contributed by atoms with Crippen LogP contribution in [0.1, 0.15) is 18.7 Å². The summed E-state index contributed by atoms with van der Waals surface area (Å²) in [5, 5.41) is 7.91. The molecule has 0 unspecified atom stereocenters. The lowest BCUT2D eigenvalue weighted by Crippen LogP contribution is -2.42. The summed E-state index contributed by atoms with van der Waals surface area (Å²) in [5.74, 6) is 0.391. The fourth-order valence-corrected chi connectivity index (χ4v) is 2.67. The quantitative estimate of drug-likeness (QED) is 0.792. The van der Waals surface area contributed by atoms with Crippen LogP contribution in [0.15, 0.2) is 9.64 Å². The molecule has 1 fully saturated rings.